The van der Waals surface area contributed by atoms with Crippen LogP contribution in [0.5, 0.6) is 5.75 Å². The minimum absolute atomic E-state index is 0.221. The molecule has 0 unspecified atom stereocenters. The van der Waals surface area contributed by atoms with E-state index in [2.05, 4.69) is 4.72 Å². The Balaban J connectivity index is 1.71. The lowest BCUT2D eigenvalue weighted by Crippen LogP contribution is -2.23. The Morgan fingerprint density at radius 2 is 1.80 bits per heavy atom. The molecule has 0 fully saturated rings. The van der Waals surface area contributed by atoms with Crippen molar-refractivity contribution in [2.75, 3.05) is 7.11 Å². The Labute approximate surface area is 147 Å². The Morgan fingerprint density at radius 3 is 2.40 bits per heavy atom. The van der Waals surface area contributed by atoms with Gasteiger partial charge in [-0.15, -0.1) is 0 Å². The molecule has 0 saturated carbocycles. The Hall–Kier alpha value is -2.57. The number of ether oxygens (including phenoxy) is 1. The topological polar surface area (TPSA) is 68.5 Å². The van der Waals surface area contributed by atoms with E-state index < -0.39 is 10.0 Å². The Kier molecular flexibility index (Phi) is 4.92. The van der Waals surface area contributed by atoms with Gasteiger partial charge in [0.2, 0.25) is 10.0 Å². The zero-order chi connectivity index (χ0) is 17.9. The smallest absolute Gasteiger partial charge is 0.240 e. The van der Waals surface area contributed by atoms with Gasteiger partial charge in [-0.05, 0) is 47.9 Å². The molecule has 0 aliphatic carbocycles. The van der Waals surface area contributed by atoms with E-state index in [-0.39, 0.29) is 11.4 Å². The van der Waals surface area contributed by atoms with Crippen LogP contribution in [-0.2, 0) is 16.6 Å². The van der Waals surface area contributed by atoms with Crippen molar-refractivity contribution in [1.29, 1.82) is 0 Å². The minimum atomic E-state index is -3.58. The van der Waals surface area contributed by atoms with Gasteiger partial charge in [-0.3, -0.25) is 0 Å². The van der Waals surface area contributed by atoms with Crippen LogP contribution in [0.25, 0.3) is 11.1 Å². The maximum atomic E-state index is 12.4. The van der Waals surface area contributed by atoms with Crippen LogP contribution >= 0.6 is 0 Å². The van der Waals surface area contributed by atoms with Gasteiger partial charge in [-0.1, -0.05) is 24.3 Å². The van der Waals surface area contributed by atoms with Gasteiger partial charge < -0.3 is 9.15 Å². The lowest BCUT2D eigenvalue weighted by atomic mass is 10.1. The fourth-order valence-electron chi connectivity index (χ4n) is 2.52. The zero-order valence-electron chi connectivity index (χ0n) is 14.0. The van der Waals surface area contributed by atoms with E-state index in [4.69, 9.17) is 9.15 Å². The molecule has 0 atom stereocenters. The van der Waals surface area contributed by atoms with Crippen molar-refractivity contribution in [3.63, 3.8) is 0 Å². The monoisotopic (exact) mass is 357 g/mol. The van der Waals surface area contributed by atoms with Gasteiger partial charge in [-0.2, -0.15) is 0 Å². The summed E-state index contributed by atoms with van der Waals surface area (Å²) in [6.07, 6.45) is 3.29. The summed E-state index contributed by atoms with van der Waals surface area (Å²) in [6.45, 7) is 2.03. The van der Waals surface area contributed by atoms with Crippen LogP contribution in [0.15, 0.2) is 70.4 Å². The van der Waals surface area contributed by atoms with Crippen LogP contribution in [0.4, 0.5) is 0 Å². The molecule has 0 aliphatic heterocycles. The fourth-order valence-corrected chi connectivity index (χ4v) is 3.63. The summed E-state index contributed by atoms with van der Waals surface area (Å²) in [7, 11) is -2.02. The number of benzene rings is 2. The Bertz CT molecular complexity index is 946. The highest BCUT2D eigenvalue weighted by Gasteiger charge is 2.15. The molecule has 0 saturated heterocycles. The van der Waals surface area contributed by atoms with E-state index >= 15 is 0 Å². The number of nitrogens with one attached hydrogen (secondary N) is 1. The molecule has 0 amide bonds. The molecular weight excluding hydrogens is 338 g/mol. The number of rotatable bonds is 6. The summed E-state index contributed by atoms with van der Waals surface area (Å²) in [5, 5.41) is 0. The predicted molar refractivity (Wildman–Crippen MR) is 95.9 cm³/mol. The number of hydrogen-bond acceptors (Lipinski definition) is 4. The highest BCUT2D eigenvalue weighted by atomic mass is 32.2. The number of sulfonamides is 1. The molecule has 1 N–H and O–H groups in total. The number of furan rings is 1. The first kappa shape index (κ1) is 17.3. The van der Waals surface area contributed by atoms with Gasteiger partial charge in [0.15, 0.2) is 0 Å². The van der Waals surface area contributed by atoms with Gasteiger partial charge in [0.1, 0.15) is 5.75 Å². The molecule has 3 rings (SSSR count). The highest BCUT2D eigenvalue weighted by Crippen LogP contribution is 2.22. The molecule has 0 aliphatic rings. The standard InChI is InChI=1S/C19H19NO4S/c1-14-11-18(7-8-19(14)23-2)25(21,22)20-12-15-3-5-16(6-4-15)17-9-10-24-13-17/h3-11,13,20H,12H2,1-2H3. The average Bonchev–Trinajstić information content (AvgIpc) is 3.15. The molecule has 3 aromatic rings. The number of hydrogen-bond donors (Lipinski definition) is 1. The molecule has 0 spiro atoms. The summed E-state index contributed by atoms with van der Waals surface area (Å²) in [6, 6.07) is 14.3. The number of methoxy groups -OCH3 is 1. The summed E-state index contributed by atoms with van der Waals surface area (Å²) in [4.78, 5) is 0.223. The van der Waals surface area contributed by atoms with Gasteiger partial charge >= 0.3 is 0 Å². The van der Waals surface area contributed by atoms with E-state index in [1.54, 1.807) is 31.8 Å². The molecular formula is C19H19NO4S. The van der Waals surface area contributed by atoms with E-state index in [9.17, 15) is 8.42 Å². The molecule has 2 aromatic carbocycles. The first-order valence-electron chi connectivity index (χ1n) is 7.75. The second-order valence-corrected chi connectivity index (χ2v) is 7.43. The summed E-state index contributed by atoms with van der Waals surface area (Å²) >= 11 is 0. The van der Waals surface area contributed by atoms with Crippen molar-refractivity contribution in [2.24, 2.45) is 0 Å². The van der Waals surface area contributed by atoms with Gasteiger partial charge in [-0.25, -0.2) is 13.1 Å². The van der Waals surface area contributed by atoms with Crippen molar-refractivity contribution in [3.05, 3.63) is 72.2 Å². The van der Waals surface area contributed by atoms with Crippen molar-refractivity contribution >= 4 is 10.0 Å². The molecule has 5 nitrogen and oxygen atoms in total. The van der Waals surface area contributed by atoms with Crippen LogP contribution < -0.4 is 9.46 Å². The molecule has 1 heterocycles. The summed E-state index contributed by atoms with van der Waals surface area (Å²) < 4.78 is 37.7. The van der Waals surface area contributed by atoms with E-state index in [0.717, 1.165) is 22.3 Å². The molecule has 130 valence electrons. The van der Waals surface area contributed by atoms with Crippen molar-refractivity contribution in [3.8, 4) is 16.9 Å². The third-order valence-electron chi connectivity index (χ3n) is 3.95. The fraction of sp³-hybridized carbons (Fsp3) is 0.158. The SMILES string of the molecule is COc1ccc(S(=O)(=O)NCc2ccc(-c3ccoc3)cc2)cc1C. The lowest BCUT2D eigenvalue weighted by molar-refractivity contribution is 0.411. The first-order valence-corrected chi connectivity index (χ1v) is 9.24. The van der Waals surface area contributed by atoms with Crippen molar-refractivity contribution < 1.29 is 17.6 Å². The molecule has 1 aromatic heterocycles. The first-order chi connectivity index (χ1) is 12.0. The average molecular weight is 357 g/mol. The molecule has 0 bridgehead atoms. The third kappa shape index (κ3) is 3.92. The van der Waals surface area contributed by atoms with Crippen LogP contribution in [0, 0.1) is 6.92 Å². The molecule has 25 heavy (non-hydrogen) atoms. The maximum absolute atomic E-state index is 12.4. The van der Waals surface area contributed by atoms with E-state index in [1.807, 2.05) is 37.3 Å². The van der Waals surface area contributed by atoms with Crippen LogP contribution in [-0.4, -0.2) is 15.5 Å². The van der Waals surface area contributed by atoms with Crippen LogP contribution in [0.1, 0.15) is 11.1 Å². The van der Waals surface area contributed by atoms with Gasteiger partial charge in [0.05, 0.1) is 24.5 Å². The van der Waals surface area contributed by atoms with Crippen molar-refractivity contribution in [2.45, 2.75) is 18.4 Å². The van der Waals surface area contributed by atoms with Crippen LogP contribution in [0.3, 0.4) is 0 Å². The summed E-state index contributed by atoms with van der Waals surface area (Å²) in [5.74, 6) is 0.661. The Morgan fingerprint density at radius 1 is 1.04 bits per heavy atom. The zero-order valence-corrected chi connectivity index (χ0v) is 14.8. The molecule has 6 heteroatoms. The van der Waals surface area contributed by atoms with Gasteiger partial charge in [0, 0.05) is 12.1 Å². The number of aryl methyl sites for hydroxylation is 1. The van der Waals surface area contributed by atoms with Crippen LogP contribution in [0.2, 0.25) is 0 Å². The third-order valence-corrected chi connectivity index (χ3v) is 5.35. The molecule has 0 radical (unpaired) electrons. The van der Waals surface area contributed by atoms with E-state index in [0.29, 0.717) is 5.75 Å². The summed E-state index contributed by atoms with van der Waals surface area (Å²) in [5.41, 5.74) is 3.66. The lowest BCUT2D eigenvalue weighted by Gasteiger charge is -2.10. The second kappa shape index (κ2) is 7.13. The maximum Gasteiger partial charge on any atom is 0.240 e. The second-order valence-electron chi connectivity index (χ2n) is 5.66. The van der Waals surface area contributed by atoms with Crippen molar-refractivity contribution in [1.82, 2.24) is 4.72 Å². The highest BCUT2D eigenvalue weighted by molar-refractivity contribution is 7.89. The minimum Gasteiger partial charge on any atom is -0.496 e. The van der Waals surface area contributed by atoms with Gasteiger partial charge in [0.25, 0.3) is 0 Å². The quantitative estimate of drug-likeness (QED) is 0.730. The normalized spacial score (nSPS) is 11.4. The largest absolute Gasteiger partial charge is 0.496 e. The van der Waals surface area contributed by atoms with E-state index in [1.165, 1.54) is 6.07 Å². The predicted octanol–water partition coefficient (Wildman–Crippen LogP) is 3.74.